The lowest BCUT2D eigenvalue weighted by atomic mass is 9.63. The average molecular weight is 289 g/mol. The summed E-state index contributed by atoms with van der Waals surface area (Å²) in [6.07, 6.45) is 9.33. The van der Waals surface area contributed by atoms with Gasteiger partial charge < -0.3 is 5.32 Å². The Kier molecular flexibility index (Phi) is 4.63. The first-order valence-corrected chi connectivity index (χ1v) is 8.70. The van der Waals surface area contributed by atoms with Crippen LogP contribution in [0.15, 0.2) is 24.3 Å². The molecule has 1 saturated heterocycles. The molecule has 1 aromatic carbocycles. The summed E-state index contributed by atoms with van der Waals surface area (Å²) in [5, 5.41) is 3.55. The summed E-state index contributed by atoms with van der Waals surface area (Å²) >= 11 is 0. The Labute approximate surface area is 128 Å². The second kappa shape index (κ2) is 6.48. The van der Waals surface area contributed by atoms with Gasteiger partial charge in [-0.3, -0.25) is 0 Å². The van der Waals surface area contributed by atoms with Gasteiger partial charge in [-0.15, -0.1) is 0 Å². The molecule has 1 aromatic rings. The van der Waals surface area contributed by atoms with Crippen molar-refractivity contribution in [1.82, 2.24) is 5.32 Å². The largest absolute Gasteiger partial charge is 0.316 e. The van der Waals surface area contributed by atoms with E-state index in [4.69, 9.17) is 0 Å². The molecule has 3 atom stereocenters. The van der Waals surface area contributed by atoms with Crippen LogP contribution in [-0.4, -0.2) is 13.1 Å². The molecule has 1 saturated carbocycles. The highest BCUT2D eigenvalue weighted by Crippen LogP contribution is 2.51. The summed E-state index contributed by atoms with van der Waals surface area (Å²) in [5.74, 6) is 1.30. The van der Waals surface area contributed by atoms with Crippen molar-refractivity contribution in [3.8, 4) is 0 Å². The maximum atomic E-state index is 13.7. The topological polar surface area (TPSA) is 12.0 Å². The van der Waals surface area contributed by atoms with Gasteiger partial charge in [0.15, 0.2) is 0 Å². The van der Waals surface area contributed by atoms with Gasteiger partial charge in [-0.25, -0.2) is 4.39 Å². The zero-order valence-corrected chi connectivity index (χ0v) is 13.2. The molecule has 21 heavy (non-hydrogen) atoms. The van der Waals surface area contributed by atoms with E-state index >= 15 is 0 Å². The summed E-state index contributed by atoms with van der Waals surface area (Å²) in [6.45, 7) is 4.47. The van der Waals surface area contributed by atoms with Crippen LogP contribution in [0.25, 0.3) is 0 Å². The number of piperidine rings is 1. The van der Waals surface area contributed by atoms with Gasteiger partial charge in [-0.2, -0.15) is 0 Å². The lowest BCUT2D eigenvalue weighted by molar-refractivity contribution is 0.134. The van der Waals surface area contributed by atoms with E-state index in [1.165, 1.54) is 50.5 Å². The zero-order valence-electron chi connectivity index (χ0n) is 13.2. The second-order valence-corrected chi connectivity index (χ2v) is 7.13. The van der Waals surface area contributed by atoms with Gasteiger partial charge in [-0.05, 0) is 61.3 Å². The average Bonchev–Trinajstić information content (AvgIpc) is 2.71. The van der Waals surface area contributed by atoms with Crippen molar-refractivity contribution < 1.29 is 4.39 Å². The number of benzene rings is 1. The van der Waals surface area contributed by atoms with E-state index in [9.17, 15) is 4.39 Å². The molecule has 3 rings (SSSR count). The van der Waals surface area contributed by atoms with Gasteiger partial charge in [0.1, 0.15) is 5.82 Å². The maximum absolute atomic E-state index is 13.7. The molecular weight excluding hydrogens is 261 g/mol. The number of hydrogen-bond donors (Lipinski definition) is 1. The summed E-state index contributed by atoms with van der Waals surface area (Å²) < 4.78 is 13.7. The van der Waals surface area contributed by atoms with E-state index < -0.39 is 0 Å². The summed E-state index contributed by atoms with van der Waals surface area (Å²) in [7, 11) is 0. The van der Waals surface area contributed by atoms with Crippen molar-refractivity contribution in [3.05, 3.63) is 35.6 Å². The molecule has 1 N–H and O–H groups in total. The van der Waals surface area contributed by atoms with Gasteiger partial charge in [-0.1, -0.05) is 38.3 Å². The molecule has 3 unspecified atom stereocenters. The van der Waals surface area contributed by atoms with Crippen LogP contribution >= 0.6 is 0 Å². The molecule has 1 aliphatic heterocycles. The first-order chi connectivity index (χ1) is 10.2. The lowest BCUT2D eigenvalue weighted by Crippen LogP contribution is -2.43. The fourth-order valence-electron chi connectivity index (χ4n) is 4.68. The first-order valence-electron chi connectivity index (χ1n) is 8.70. The van der Waals surface area contributed by atoms with Crippen LogP contribution in [0.4, 0.5) is 4.39 Å². The highest BCUT2D eigenvalue weighted by Gasteiger charge is 2.42. The molecule has 1 nitrogen and oxygen atoms in total. The molecule has 2 fully saturated rings. The maximum Gasteiger partial charge on any atom is 0.123 e. The van der Waals surface area contributed by atoms with E-state index in [1.54, 1.807) is 12.1 Å². The molecule has 0 amide bonds. The van der Waals surface area contributed by atoms with Gasteiger partial charge in [0, 0.05) is 12.5 Å². The molecule has 2 heteroatoms. The Balaban J connectivity index is 1.86. The SMILES string of the molecule is CCC1CCCC2(CCNCC2c2cccc(F)c2)CC1. The van der Waals surface area contributed by atoms with Crippen molar-refractivity contribution in [2.24, 2.45) is 11.3 Å². The normalized spacial score (nSPS) is 33.8. The lowest BCUT2D eigenvalue weighted by Gasteiger charge is -2.45. The predicted octanol–water partition coefficient (Wildman–Crippen LogP) is 4.88. The smallest absolute Gasteiger partial charge is 0.123 e. The molecule has 1 aliphatic carbocycles. The molecule has 0 bridgehead atoms. The molecule has 2 aliphatic rings. The molecule has 1 heterocycles. The van der Waals surface area contributed by atoms with Gasteiger partial charge in [0.05, 0.1) is 0 Å². The van der Waals surface area contributed by atoms with Crippen LogP contribution < -0.4 is 5.32 Å². The van der Waals surface area contributed by atoms with E-state index in [0.29, 0.717) is 11.3 Å². The fraction of sp³-hybridized carbons (Fsp3) is 0.684. The molecule has 0 radical (unpaired) electrons. The number of rotatable bonds is 2. The summed E-state index contributed by atoms with van der Waals surface area (Å²) in [4.78, 5) is 0. The van der Waals surface area contributed by atoms with Crippen molar-refractivity contribution in [1.29, 1.82) is 0 Å². The standard InChI is InChI=1S/C19H28FN/c1-2-15-5-4-9-19(10-8-15)11-12-21-14-18(19)16-6-3-7-17(20)13-16/h3,6-7,13,15,18,21H,2,4-5,8-12,14H2,1H3. The summed E-state index contributed by atoms with van der Waals surface area (Å²) in [5.41, 5.74) is 1.61. The number of hydrogen-bond acceptors (Lipinski definition) is 1. The van der Waals surface area contributed by atoms with E-state index in [2.05, 4.69) is 18.3 Å². The third-order valence-corrected chi connectivity index (χ3v) is 6.05. The molecular formula is C19H28FN. The Hall–Kier alpha value is -0.890. The quantitative estimate of drug-likeness (QED) is 0.818. The van der Waals surface area contributed by atoms with Crippen molar-refractivity contribution >= 4 is 0 Å². The van der Waals surface area contributed by atoms with Crippen LogP contribution in [0.2, 0.25) is 0 Å². The zero-order chi connectivity index (χ0) is 14.7. The van der Waals surface area contributed by atoms with Crippen molar-refractivity contribution in [2.45, 2.75) is 57.8 Å². The number of nitrogens with one attached hydrogen (secondary N) is 1. The Bertz CT molecular complexity index is 472. The van der Waals surface area contributed by atoms with Crippen LogP contribution in [-0.2, 0) is 0 Å². The van der Waals surface area contributed by atoms with Crippen molar-refractivity contribution in [3.63, 3.8) is 0 Å². The van der Waals surface area contributed by atoms with E-state index in [-0.39, 0.29) is 5.82 Å². The van der Waals surface area contributed by atoms with Crippen LogP contribution in [0.5, 0.6) is 0 Å². The van der Waals surface area contributed by atoms with Crippen molar-refractivity contribution in [2.75, 3.05) is 13.1 Å². The highest BCUT2D eigenvalue weighted by molar-refractivity contribution is 5.25. The van der Waals surface area contributed by atoms with Gasteiger partial charge in [0.2, 0.25) is 0 Å². The molecule has 0 aromatic heterocycles. The minimum Gasteiger partial charge on any atom is -0.316 e. The van der Waals surface area contributed by atoms with Gasteiger partial charge in [0.25, 0.3) is 0 Å². The van der Waals surface area contributed by atoms with Crippen LogP contribution in [0.1, 0.15) is 63.4 Å². The number of halogens is 1. The minimum atomic E-state index is -0.0896. The second-order valence-electron chi connectivity index (χ2n) is 7.13. The Morgan fingerprint density at radius 1 is 1.24 bits per heavy atom. The predicted molar refractivity (Wildman–Crippen MR) is 85.9 cm³/mol. The monoisotopic (exact) mass is 289 g/mol. The molecule has 116 valence electrons. The van der Waals surface area contributed by atoms with Crippen LogP contribution in [0.3, 0.4) is 0 Å². The summed E-state index contributed by atoms with van der Waals surface area (Å²) in [6, 6.07) is 7.33. The van der Waals surface area contributed by atoms with Gasteiger partial charge >= 0.3 is 0 Å². The van der Waals surface area contributed by atoms with E-state index in [0.717, 1.165) is 19.0 Å². The van der Waals surface area contributed by atoms with E-state index in [1.807, 2.05) is 6.07 Å². The molecule has 1 spiro atoms. The minimum absolute atomic E-state index is 0.0896. The third kappa shape index (κ3) is 3.15. The fourth-order valence-corrected chi connectivity index (χ4v) is 4.68. The Morgan fingerprint density at radius 3 is 2.95 bits per heavy atom. The third-order valence-electron chi connectivity index (χ3n) is 6.05. The van der Waals surface area contributed by atoms with Crippen LogP contribution in [0, 0.1) is 17.2 Å². The highest BCUT2D eigenvalue weighted by atomic mass is 19.1. The Morgan fingerprint density at radius 2 is 2.14 bits per heavy atom. The first kappa shape index (κ1) is 15.0.